The van der Waals surface area contributed by atoms with Gasteiger partial charge in [0.25, 0.3) is 0 Å². The molecule has 1 heterocycles. The first-order valence-electron chi connectivity index (χ1n) is 3.51. The SMILES string of the molecule is Cc1ccc2cc[nH]c2c1F. The van der Waals surface area contributed by atoms with E-state index in [0.717, 1.165) is 5.39 Å². The van der Waals surface area contributed by atoms with Crippen LogP contribution in [0.15, 0.2) is 24.4 Å². The van der Waals surface area contributed by atoms with Crippen LogP contribution in [0.25, 0.3) is 10.9 Å². The average Bonchev–Trinajstić information content (AvgIpc) is 2.45. The Morgan fingerprint density at radius 2 is 2.09 bits per heavy atom. The van der Waals surface area contributed by atoms with Gasteiger partial charge in [0.2, 0.25) is 0 Å². The third-order valence-electron chi connectivity index (χ3n) is 1.86. The molecule has 0 bridgehead atoms. The second kappa shape index (κ2) is 2.09. The largest absolute Gasteiger partial charge is 0.359 e. The van der Waals surface area contributed by atoms with Gasteiger partial charge in [0.1, 0.15) is 5.82 Å². The number of hydrogen-bond donors (Lipinski definition) is 1. The number of aryl methyl sites for hydroxylation is 1. The van der Waals surface area contributed by atoms with Crippen LogP contribution in [-0.4, -0.2) is 4.98 Å². The van der Waals surface area contributed by atoms with Crippen LogP contribution in [-0.2, 0) is 0 Å². The second-order valence-electron chi connectivity index (χ2n) is 2.64. The van der Waals surface area contributed by atoms with E-state index in [-0.39, 0.29) is 5.82 Å². The molecule has 2 heteroatoms. The summed E-state index contributed by atoms with van der Waals surface area (Å²) in [4.78, 5) is 2.85. The zero-order valence-electron chi connectivity index (χ0n) is 6.19. The summed E-state index contributed by atoms with van der Waals surface area (Å²) in [5, 5.41) is 0.924. The van der Waals surface area contributed by atoms with Crippen molar-refractivity contribution in [3.8, 4) is 0 Å². The van der Waals surface area contributed by atoms with Crippen LogP contribution in [0.2, 0.25) is 0 Å². The number of nitrogens with one attached hydrogen (secondary N) is 1. The van der Waals surface area contributed by atoms with Gasteiger partial charge in [-0.3, -0.25) is 0 Å². The molecule has 56 valence electrons. The van der Waals surface area contributed by atoms with Crippen molar-refractivity contribution in [2.24, 2.45) is 0 Å². The molecule has 2 rings (SSSR count). The van der Waals surface area contributed by atoms with Gasteiger partial charge >= 0.3 is 0 Å². The maximum Gasteiger partial charge on any atom is 0.150 e. The van der Waals surface area contributed by atoms with E-state index >= 15 is 0 Å². The van der Waals surface area contributed by atoms with Gasteiger partial charge in [0, 0.05) is 11.6 Å². The molecule has 0 fully saturated rings. The molecule has 0 atom stereocenters. The summed E-state index contributed by atoms with van der Waals surface area (Å²) < 4.78 is 13.2. The Morgan fingerprint density at radius 1 is 1.27 bits per heavy atom. The first-order chi connectivity index (χ1) is 5.29. The predicted molar refractivity (Wildman–Crippen MR) is 43.0 cm³/mol. The van der Waals surface area contributed by atoms with Crippen LogP contribution in [0, 0.1) is 12.7 Å². The fourth-order valence-electron chi connectivity index (χ4n) is 1.20. The van der Waals surface area contributed by atoms with E-state index in [0.29, 0.717) is 11.1 Å². The highest BCUT2D eigenvalue weighted by Crippen LogP contribution is 2.18. The number of aromatic nitrogens is 1. The lowest BCUT2D eigenvalue weighted by Gasteiger charge is -1.95. The molecular weight excluding hydrogens is 141 g/mol. The zero-order valence-corrected chi connectivity index (χ0v) is 6.19. The molecule has 0 radical (unpaired) electrons. The Balaban J connectivity index is 2.93. The summed E-state index contributed by atoms with van der Waals surface area (Å²) in [5.74, 6) is -0.146. The molecule has 1 aromatic carbocycles. The van der Waals surface area contributed by atoms with Crippen LogP contribution < -0.4 is 0 Å². The van der Waals surface area contributed by atoms with Crippen LogP contribution in [0.1, 0.15) is 5.56 Å². The summed E-state index contributed by atoms with van der Waals surface area (Å²) >= 11 is 0. The van der Waals surface area contributed by atoms with Crippen molar-refractivity contribution in [2.75, 3.05) is 0 Å². The molecule has 0 spiro atoms. The normalized spacial score (nSPS) is 10.7. The summed E-state index contributed by atoms with van der Waals surface area (Å²) in [6.07, 6.45) is 1.74. The number of rotatable bonds is 0. The standard InChI is InChI=1S/C9H8FN/c1-6-2-3-7-4-5-11-9(7)8(6)10/h2-5,11H,1H3. The highest BCUT2D eigenvalue weighted by molar-refractivity contribution is 5.80. The lowest BCUT2D eigenvalue weighted by molar-refractivity contribution is 0.628. The maximum absolute atomic E-state index is 13.2. The van der Waals surface area contributed by atoms with Crippen LogP contribution in [0.3, 0.4) is 0 Å². The van der Waals surface area contributed by atoms with E-state index < -0.39 is 0 Å². The quantitative estimate of drug-likeness (QED) is 0.592. The maximum atomic E-state index is 13.2. The molecule has 1 N–H and O–H groups in total. The fourth-order valence-corrected chi connectivity index (χ4v) is 1.20. The van der Waals surface area contributed by atoms with Crippen LogP contribution in [0.5, 0.6) is 0 Å². The molecule has 0 unspecified atom stereocenters. The molecule has 2 aromatic rings. The van der Waals surface area contributed by atoms with Crippen molar-refractivity contribution in [3.05, 3.63) is 35.8 Å². The zero-order chi connectivity index (χ0) is 7.84. The van der Waals surface area contributed by atoms with Crippen molar-refractivity contribution in [1.29, 1.82) is 0 Å². The molecular formula is C9H8FN. The van der Waals surface area contributed by atoms with E-state index in [4.69, 9.17) is 0 Å². The van der Waals surface area contributed by atoms with Crippen LogP contribution in [0.4, 0.5) is 4.39 Å². The molecule has 0 aliphatic carbocycles. The van der Waals surface area contributed by atoms with Crippen molar-refractivity contribution < 1.29 is 4.39 Å². The Hall–Kier alpha value is -1.31. The van der Waals surface area contributed by atoms with Gasteiger partial charge < -0.3 is 4.98 Å². The molecule has 0 amide bonds. The van der Waals surface area contributed by atoms with Gasteiger partial charge in [-0.25, -0.2) is 4.39 Å². The van der Waals surface area contributed by atoms with Crippen molar-refractivity contribution in [3.63, 3.8) is 0 Å². The summed E-state index contributed by atoms with van der Waals surface area (Å²) in [6, 6.07) is 5.55. The molecule has 0 aliphatic rings. The third kappa shape index (κ3) is 0.827. The van der Waals surface area contributed by atoms with Gasteiger partial charge in [0.05, 0.1) is 5.52 Å². The van der Waals surface area contributed by atoms with Crippen molar-refractivity contribution in [2.45, 2.75) is 6.92 Å². The van der Waals surface area contributed by atoms with E-state index in [9.17, 15) is 4.39 Å². The first-order valence-corrected chi connectivity index (χ1v) is 3.51. The molecule has 0 saturated heterocycles. The average molecular weight is 149 g/mol. The lowest BCUT2D eigenvalue weighted by Crippen LogP contribution is -1.82. The van der Waals surface area contributed by atoms with Crippen molar-refractivity contribution in [1.82, 2.24) is 4.98 Å². The minimum Gasteiger partial charge on any atom is -0.359 e. The number of halogens is 1. The number of benzene rings is 1. The van der Waals surface area contributed by atoms with E-state index in [2.05, 4.69) is 4.98 Å². The number of hydrogen-bond acceptors (Lipinski definition) is 0. The second-order valence-corrected chi connectivity index (χ2v) is 2.64. The lowest BCUT2D eigenvalue weighted by atomic mass is 10.2. The molecule has 11 heavy (non-hydrogen) atoms. The van der Waals surface area contributed by atoms with Gasteiger partial charge in [-0.15, -0.1) is 0 Å². The van der Waals surface area contributed by atoms with Gasteiger partial charge in [-0.1, -0.05) is 12.1 Å². The molecule has 0 saturated carbocycles. The topological polar surface area (TPSA) is 15.8 Å². The third-order valence-corrected chi connectivity index (χ3v) is 1.86. The Kier molecular flexibility index (Phi) is 1.22. The monoisotopic (exact) mass is 149 g/mol. The van der Waals surface area contributed by atoms with E-state index in [1.54, 1.807) is 19.2 Å². The van der Waals surface area contributed by atoms with E-state index in [1.807, 2.05) is 12.1 Å². The number of aromatic amines is 1. The first kappa shape index (κ1) is 6.40. The minimum absolute atomic E-state index is 0.146. The predicted octanol–water partition coefficient (Wildman–Crippen LogP) is 2.62. The van der Waals surface area contributed by atoms with Gasteiger partial charge in [-0.05, 0) is 18.6 Å². The molecule has 1 aromatic heterocycles. The van der Waals surface area contributed by atoms with Gasteiger partial charge in [-0.2, -0.15) is 0 Å². The van der Waals surface area contributed by atoms with Crippen molar-refractivity contribution >= 4 is 10.9 Å². The van der Waals surface area contributed by atoms with Crippen LogP contribution >= 0.6 is 0 Å². The Labute approximate surface area is 63.9 Å². The number of H-pyrrole nitrogens is 1. The minimum atomic E-state index is -0.146. The highest BCUT2D eigenvalue weighted by atomic mass is 19.1. The summed E-state index contributed by atoms with van der Waals surface area (Å²) in [7, 11) is 0. The summed E-state index contributed by atoms with van der Waals surface area (Å²) in [6.45, 7) is 1.76. The highest BCUT2D eigenvalue weighted by Gasteiger charge is 2.02. The van der Waals surface area contributed by atoms with E-state index in [1.165, 1.54) is 0 Å². The fraction of sp³-hybridized carbons (Fsp3) is 0.111. The molecule has 0 aliphatic heterocycles. The molecule has 1 nitrogen and oxygen atoms in total. The number of fused-ring (bicyclic) bond motifs is 1. The smallest absolute Gasteiger partial charge is 0.150 e. The summed E-state index contributed by atoms with van der Waals surface area (Å²) in [5.41, 5.74) is 1.28. The van der Waals surface area contributed by atoms with Gasteiger partial charge in [0.15, 0.2) is 0 Å². The Morgan fingerprint density at radius 3 is 2.91 bits per heavy atom. The Bertz CT molecular complexity index is 389.